The Balaban J connectivity index is 0.00000106. The number of anilines is 1. The van der Waals surface area contributed by atoms with Crippen molar-refractivity contribution in [3.63, 3.8) is 0 Å². The van der Waals surface area contributed by atoms with Gasteiger partial charge in [0.05, 0.1) is 17.5 Å². The van der Waals surface area contributed by atoms with Gasteiger partial charge in [0, 0.05) is 4.88 Å². The predicted octanol–water partition coefficient (Wildman–Crippen LogP) is 3.74. The summed E-state index contributed by atoms with van der Waals surface area (Å²) in [6.07, 6.45) is -0.534. The van der Waals surface area contributed by atoms with Crippen molar-refractivity contribution in [3.8, 4) is 0 Å². The van der Waals surface area contributed by atoms with E-state index in [0.29, 0.717) is 0 Å². The Bertz CT molecular complexity index is 315. The highest BCUT2D eigenvalue weighted by Gasteiger charge is 2.11. The molecule has 4 nitrogen and oxygen atoms in total. The summed E-state index contributed by atoms with van der Waals surface area (Å²) in [5.74, 6) is 0. The molecule has 0 bridgehead atoms. The molecule has 16 heavy (non-hydrogen) atoms. The van der Waals surface area contributed by atoms with Crippen LogP contribution in [0.5, 0.6) is 0 Å². The molecule has 0 spiro atoms. The number of nitrogens with zero attached hydrogens (tertiary/aromatic N) is 1. The lowest BCUT2D eigenvalue weighted by Crippen LogP contribution is -2.18. The number of carbonyl (C=O) groups excluding carboxylic acids is 1. The molecule has 1 rings (SSSR count). The number of hydrogen-bond donors (Lipinski definition) is 1. The number of aryl methyl sites for hydroxylation is 2. The SMILES string of the molecule is CC.Cc1nsc(C)c1NC(=O)OC(C)C. The summed E-state index contributed by atoms with van der Waals surface area (Å²) in [5, 5.41) is 2.68. The molecule has 1 heterocycles. The van der Waals surface area contributed by atoms with Crippen LogP contribution in [0.15, 0.2) is 0 Å². The molecule has 1 N–H and O–H groups in total. The monoisotopic (exact) mass is 244 g/mol. The minimum Gasteiger partial charge on any atom is -0.447 e. The lowest BCUT2D eigenvalue weighted by atomic mass is 10.3. The second-order valence-corrected chi connectivity index (χ2v) is 4.26. The second kappa shape index (κ2) is 7.22. The van der Waals surface area contributed by atoms with E-state index in [4.69, 9.17) is 4.74 Å². The van der Waals surface area contributed by atoms with Crippen LogP contribution in [0, 0.1) is 13.8 Å². The molecule has 0 unspecified atom stereocenters. The summed E-state index contributed by atoms with van der Waals surface area (Å²) < 4.78 is 9.08. The Hall–Kier alpha value is -1.10. The van der Waals surface area contributed by atoms with Crippen molar-refractivity contribution >= 4 is 23.3 Å². The van der Waals surface area contributed by atoms with Gasteiger partial charge in [0.1, 0.15) is 0 Å². The van der Waals surface area contributed by atoms with Gasteiger partial charge in [-0.1, -0.05) is 13.8 Å². The second-order valence-electron chi connectivity index (χ2n) is 3.28. The van der Waals surface area contributed by atoms with E-state index in [2.05, 4.69) is 9.69 Å². The molecule has 0 aliphatic rings. The van der Waals surface area contributed by atoms with Gasteiger partial charge in [-0.05, 0) is 39.2 Å². The smallest absolute Gasteiger partial charge is 0.411 e. The zero-order valence-electron chi connectivity index (χ0n) is 10.7. The zero-order valence-corrected chi connectivity index (χ0v) is 11.6. The van der Waals surface area contributed by atoms with Gasteiger partial charge in [-0.2, -0.15) is 4.37 Å². The molecule has 0 saturated carbocycles. The number of rotatable bonds is 2. The van der Waals surface area contributed by atoms with Crippen LogP contribution in [0.2, 0.25) is 0 Å². The lowest BCUT2D eigenvalue weighted by Gasteiger charge is -2.09. The first-order chi connectivity index (χ1) is 7.50. The quantitative estimate of drug-likeness (QED) is 0.862. The third kappa shape index (κ3) is 4.61. The van der Waals surface area contributed by atoms with Gasteiger partial charge in [0.25, 0.3) is 0 Å². The summed E-state index contributed by atoms with van der Waals surface area (Å²) in [7, 11) is 0. The van der Waals surface area contributed by atoms with Crippen LogP contribution in [0.25, 0.3) is 0 Å². The van der Waals surface area contributed by atoms with Crippen molar-refractivity contribution in [1.82, 2.24) is 4.37 Å². The van der Waals surface area contributed by atoms with E-state index in [1.807, 2.05) is 41.5 Å². The molecule has 0 aliphatic heterocycles. The van der Waals surface area contributed by atoms with Crippen molar-refractivity contribution in [1.29, 1.82) is 0 Å². The molecular weight excluding hydrogens is 224 g/mol. The van der Waals surface area contributed by atoms with E-state index in [0.717, 1.165) is 16.3 Å². The van der Waals surface area contributed by atoms with E-state index < -0.39 is 6.09 Å². The van der Waals surface area contributed by atoms with Crippen molar-refractivity contribution in [2.45, 2.75) is 47.6 Å². The summed E-state index contributed by atoms with van der Waals surface area (Å²) in [4.78, 5) is 12.3. The minimum absolute atomic E-state index is 0.109. The van der Waals surface area contributed by atoms with E-state index in [1.165, 1.54) is 11.5 Å². The maximum atomic E-state index is 11.3. The van der Waals surface area contributed by atoms with E-state index in [-0.39, 0.29) is 6.10 Å². The Labute approximate surface area is 101 Å². The van der Waals surface area contributed by atoms with Gasteiger partial charge in [0.15, 0.2) is 0 Å². The maximum Gasteiger partial charge on any atom is 0.411 e. The van der Waals surface area contributed by atoms with Gasteiger partial charge < -0.3 is 4.74 Å². The van der Waals surface area contributed by atoms with E-state index in [1.54, 1.807) is 0 Å². The molecule has 1 aromatic heterocycles. The minimum atomic E-state index is -0.425. The average molecular weight is 244 g/mol. The fourth-order valence-electron chi connectivity index (χ4n) is 1.01. The number of nitrogens with one attached hydrogen (secondary N) is 1. The summed E-state index contributed by atoms with van der Waals surface area (Å²) >= 11 is 1.37. The lowest BCUT2D eigenvalue weighted by molar-refractivity contribution is 0.130. The molecule has 1 amide bonds. The normalized spacial score (nSPS) is 9.44. The largest absolute Gasteiger partial charge is 0.447 e. The number of carbonyl (C=O) groups is 1. The topological polar surface area (TPSA) is 51.2 Å². The van der Waals surface area contributed by atoms with Crippen molar-refractivity contribution < 1.29 is 9.53 Å². The van der Waals surface area contributed by atoms with Crippen molar-refractivity contribution in [2.75, 3.05) is 5.32 Å². The van der Waals surface area contributed by atoms with Crippen LogP contribution in [-0.2, 0) is 4.74 Å². The first-order valence-electron chi connectivity index (χ1n) is 5.41. The van der Waals surface area contributed by atoms with Crippen LogP contribution >= 0.6 is 11.5 Å². The molecular formula is C11H20N2O2S. The molecule has 0 fully saturated rings. The fraction of sp³-hybridized carbons (Fsp3) is 0.636. The van der Waals surface area contributed by atoms with E-state index >= 15 is 0 Å². The standard InChI is InChI=1S/C9H14N2O2S.C2H6/c1-5(2)13-9(12)10-8-6(3)11-14-7(8)4;1-2/h5H,1-4H3,(H,10,12);1-2H3. The van der Waals surface area contributed by atoms with Crippen LogP contribution in [0.1, 0.15) is 38.3 Å². The number of amides is 1. The van der Waals surface area contributed by atoms with Gasteiger partial charge in [-0.3, -0.25) is 5.32 Å². The van der Waals surface area contributed by atoms with Crippen LogP contribution in [0.4, 0.5) is 10.5 Å². The summed E-state index contributed by atoms with van der Waals surface area (Å²) in [5.41, 5.74) is 1.59. The highest BCUT2D eigenvalue weighted by molar-refractivity contribution is 7.06. The molecule has 0 aliphatic carbocycles. The van der Waals surface area contributed by atoms with Crippen LogP contribution < -0.4 is 5.32 Å². The van der Waals surface area contributed by atoms with Gasteiger partial charge in [0.2, 0.25) is 0 Å². The maximum absolute atomic E-state index is 11.3. The number of aromatic nitrogens is 1. The molecule has 92 valence electrons. The highest BCUT2D eigenvalue weighted by atomic mass is 32.1. The number of ether oxygens (including phenoxy) is 1. The van der Waals surface area contributed by atoms with Gasteiger partial charge in [-0.15, -0.1) is 0 Å². The summed E-state index contributed by atoms with van der Waals surface area (Å²) in [6, 6.07) is 0. The van der Waals surface area contributed by atoms with Gasteiger partial charge >= 0.3 is 6.09 Å². The average Bonchev–Trinajstić information content (AvgIpc) is 2.51. The Morgan fingerprint density at radius 3 is 2.31 bits per heavy atom. The molecule has 1 aromatic rings. The van der Waals surface area contributed by atoms with Crippen LogP contribution in [0.3, 0.4) is 0 Å². The molecule has 5 heteroatoms. The molecule has 0 saturated heterocycles. The summed E-state index contributed by atoms with van der Waals surface area (Å²) in [6.45, 7) is 11.4. The van der Waals surface area contributed by atoms with Crippen molar-refractivity contribution in [3.05, 3.63) is 10.6 Å². The Kier molecular flexibility index (Phi) is 6.72. The molecule has 0 radical (unpaired) electrons. The zero-order chi connectivity index (χ0) is 12.7. The highest BCUT2D eigenvalue weighted by Crippen LogP contribution is 2.22. The Morgan fingerprint density at radius 2 is 1.94 bits per heavy atom. The first kappa shape index (κ1) is 14.9. The number of hydrogen-bond acceptors (Lipinski definition) is 4. The van der Waals surface area contributed by atoms with Crippen LogP contribution in [-0.4, -0.2) is 16.6 Å². The first-order valence-corrected chi connectivity index (χ1v) is 6.18. The molecule has 0 aromatic carbocycles. The van der Waals surface area contributed by atoms with Gasteiger partial charge in [-0.25, -0.2) is 4.79 Å². The molecule has 0 atom stereocenters. The third-order valence-corrected chi connectivity index (χ3v) is 2.45. The predicted molar refractivity (Wildman–Crippen MR) is 68.2 cm³/mol. The fourth-order valence-corrected chi connectivity index (χ4v) is 1.66. The Morgan fingerprint density at radius 1 is 1.38 bits per heavy atom. The third-order valence-electron chi connectivity index (χ3n) is 1.60. The van der Waals surface area contributed by atoms with E-state index in [9.17, 15) is 4.79 Å². The van der Waals surface area contributed by atoms with Crippen molar-refractivity contribution in [2.24, 2.45) is 0 Å².